The Balaban J connectivity index is 1.07. The fourth-order valence-electron chi connectivity index (χ4n) is 12.1. The highest BCUT2D eigenvalue weighted by atomic mass is 16.5. The summed E-state index contributed by atoms with van der Waals surface area (Å²) >= 11 is 0. The molecule has 72 heavy (non-hydrogen) atoms. The molecule has 9 aromatic rings. The molecule has 0 saturated carbocycles. The topological polar surface area (TPSA) is 12.5 Å². The zero-order valence-corrected chi connectivity index (χ0v) is 43.5. The van der Waals surface area contributed by atoms with Crippen LogP contribution in [-0.4, -0.2) is 0 Å². The second kappa shape index (κ2) is 18.3. The first-order chi connectivity index (χ1) is 34.7. The molecule has 2 atom stereocenters. The van der Waals surface area contributed by atoms with Crippen LogP contribution >= 0.6 is 0 Å². The van der Waals surface area contributed by atoms with E-state index >= 15 is 0 Å². The predicted octanol–water partition coefficient (Wildman–Crippen LogP) is 19.4. The molecule has 0 bridgehead atoms. The molecule has 2 aliphatic rings. The van der Waals surface area contributed by atoms with Gasteiger partial charge in [-0.3, -0.25) is 0 Å². The standard InChI is InChI=1S/C70H67NO/c1-46(2)43-63(47(3)4)50-25-37-57(38-26-50)72-58-39-31-53(32-40-58)70(52-29-27-51(28-30-52)68(5,6)7)65-22-16-14-20-60(65)62-42-36-56(45-67(62)70)71(54-33-23-49(24-34-54)48-17-11-10-12-18-48)55-35-41-61-59-19-13-15-21-64(59)69(8,9)66(61)44-55/h10-42,44-47,63H,43H2,1-9H3. The van der Waals surface area contributed by atoms with E-state index in [4.69, 9.17) is 4.74 Å². The molecule has 2 aliphatic carbocycles. The van der Waals surface area contributed by atoms with Gasteiger partial charge in [0.2, 0.25) is 0 Å². The molecule has 0 heterocycles. The molecule has 0 spiro atoms. The van der Waals surface area contributed by atoms with Crippen molar-refractivity contribution in [3.63, 3.8) is 0 Å². The lowest BCUT2D eigenvalue weighted by Crippen LogP contribution is -2.29. The Bertz CT molecular complexity index is 3390. The third-order valence-electron chi connectivity index (χ3n) is 15.9. The monoisotopic (exact) mass is 938 g/mol. The van der Waals surface area contributed by atoms with Gasteiger partial charge in [-0.2, -0.15) is 0 Å². The van der Waals surface area contributed by atoms with E-state index in [-0.39, 0.29) is 10.8 Å². The minimum absolute atomic E-state index is 0.00796. The van der Waals surface area contributed by atoms with Crippen molar-refractivity contribution in [1.82, 2.24) is 0 Å². The highest BCUT2D eigenvalue weighted by molar-refractivity contribution is 5.91. The van der Waals surface area contributed by atoms with Crippen molar-refractivity contribution in [3.8, 4) is 44.9 Å². The third kappa shape index (κ3) is 8.16. The van der Waals surface area contributed by atoms with Crippen LogP contribution in [0.1, 0.15) is 119 Å². The summed E-state index contributed by atoms with van der Waals surface area (Å²) in [6, 6.07) is 79.3. The lowest BCUT2D eigenvalue weighted by atomic mass is 9.67. The van der Waals surface area contributed by atoms with Gasteiger partial charge in [-0.1, -0.05) is 214 Å². The van der Waals surface area contributed by atoms with Crippen LogP contribution in [0.5, 0.6) is 11.5 Å². The number of fused-ring (bicyclic) bond motifs is 6. The van der Waals surface area contributed by atoms with Gasteiger partial charge < -0.3 is 9.64 Å². The van der Waals surface area contributed by atoms with Crippen LogP contribution in [0.15, 0.2) is 212 Å². The first kappa shape index (κ1) is 46.9. The lowest BCUT2D eigenvalue weighted by Gasteiger charge is -2.35. The van der Waals surface area contributed by atoms with Crippen molar-refractivity contribution in [2.45, 2.75) is 90.9 Å². The number of anilines is 3. The van der Waals surface area contributed by atoms with Gasteiger partial charge in [0.05, 0.1) is 5.41 Å². The summed E-state index contributed by atoms with van der Waals surface area (Å²) in [6.45, 7) is 20.9. The van der Waals surface area contributed by atoms with Gasteiger partial charge in [-0.05, 0) is 168 Å². The number of nitrogens with zero attached hydrogens (tertiary/aromatic N) is 1. The van der Waals surface area contributed by atoms with Gasteiger partial charge in [-0.25, -0.2) is 0 Å². The highest BCUT2D eigenvalue weighted by Gasteiger charge is 2.47. The zero-order valence-electron chi connectivity index (χ0n) is 43.5. The van der Waals surface area contributed by atoms with Gasteiger partial charge in [0.1, 0.15) is 11.5 Å². The highest BCUT2D eigenvalue weighted by Crippen LogP contribution is 2.58. The summed E-state index contributed by atoms with van der Waals surface area (Å²) in [5, 5.41) is 0. The van der Waals surface area contributed by atoms with E-state index in [1.165, 1.54) is 84.3 Å². The molecule has 2 unspecified atom stereocenters. The van der Waals surface area contributed by atoms with Crippen molar-refractivity contribution >= 4 is 17.1 Å². The Morgan fingerprint density at radius 3 is 1.50 bits per heavy atom. The van der Waals surface area contributed by atoms with Crippen molar-refractivity contribution in [1.29, 1.82) is 0 Å². The maximum atomic E-state index is 6.65. The molecule has 0 aliphatic heterocycles. The van der Waals surface area contributed by atoms with Crippen LogP contribution in [-0.2, 0) is 16.2 Å². The molecular formula is C70H67NO. The summed E-state index contributed by atoms with van der Waals surface area (Å²) < 4.78 is 6.65. The summed E-state index contributed by atoms with van der Waals surface area (Å²) in [4.78, 5) is 2.47. The number of hydrogen-bond acceptors (Lipinski definition) is 2. The molecule has 0 saturated heterocycles. The van der Waals surface area contributed by atoms with E-state index in [2.05, 4.69) is 280 Å². The fourth-order valence-corrected chi connectivity index (χ4v) is 12.1. The van der Waals surface area contributed by atoms with Crippen molar-refractivity contribution in [2.24, 2.45) is 11.8 Å². The Kier molecular flexibility index (Phi) is 11.9. The second-order valence-corrected chi connectivity index (χ2v) is 22.7. The smallest absolute Gasteiger partial charge is 0.127 e. The minimum atomic E-state index is -0.634. The van der Waals surface area contributed by atoms with E-state index in [1.54, 1.807) is 0 Å². The van der Waals surface area contributed by atoms with Crippen LogP contribution in [0.25, 0.3) is 33.4 Å². The summed E-state index contributed by atoms with van der Waals surface area (Å²) in [7, 11) is 0. The van der Waals surface area contributed by atoms with Crippen LogP contribution in [0.4, 0.5) is 17.1 Å². The van der Waals surface area contributed by atoms with Crippen LogP contribution in [0.2, 0.25) is 0 Å². The molecule has 0 amide bonds. The average Bonchev–Trinajstić information content (AvgIpc) is 3.81. The molecule has 0 radical (unpaired) electrons. The third-order valence-corrected chi connectivity index (χ3v) is 15.9. The van der Waals surface area contributed by atoms with Gasteiger partial charge in [0.15, 0.2) is 0 Å². The van der Waals surface area contributed by atoms with Crippen LogP contribution in [0, 0.1) is 11.8 Å². The molecule has 11 rings (SSSR count). The Hall–Kier alpha value is -7.42. The van der Waals surface area contributed by atoms with Crippen molar-refractivity contribution in [3.05, 3.63) is 257 Å². The van der Waals surface area contributed by atoms with Gasteiger partial charge in [-0.15, -0.1) is 0 Å². The van der Waals surface area contributed by atoms with Crippen LogP contribution < -0.4 is 9.64 Å². The quantitative estimate of drug-likeness (QED) is 0.121. The molecule has 0 N–H and O–H groups in total. The lowest BCUT2D eigenvalue weighted by molar-refractivity contribution is 0.407. The molecule has 2 heteroatoms. The van der Waals surface area contributed by atoms with Crippen molar-refractivity contribution in [2.75, 3.05) is 4.90 Å². The average molecular weight is 938 g/mol. The molecule has 358 valence electrons. The van der Waals surface area contributed by atoms with E-state index in [0.717, 1.165) is 28.6 Å². The minimum Gasteiger partial charge on any atom is -0.457 e. The number of benzene rings is 9. The van der Waals surface area contributed by atoms with Gasteiger partial charge in [0, 0.05) is 22.5 Å². The van der Waals surface area contributed by atoms with Gasteiger partial charge in [0.25, 0.3) is 0 Å². The molecule has 0 fully saturated rings. The first-order valence-electron chi connectivity index (χ1n) is 26.2. The Morgan fingerprint density at radius 1 is 0.444 bits per heavy atom. The largest absolute Gasteiger partial charge is 0.457 e. The summed E-state index contributed by atoms with van der Waals surface area (Å²) in [5.41, 5.74) is 20.5. The number of rotatable bonds is 12. The number of ether oxygens (including phenoxy) is 1. The van der Waals surface area contributed by atoms with Crippen molar-refractivity contribution < 1.29 is 4.74 Å². The van der Waals surface area contributed by atoms with E-state index in [9.17, 15) is 0 Å². The normalized spacial score (nSPS) is 15.7. The molecule has 2 nitrogen and oxygen atoms in total. The maximum Gasteiger partial charge on any atom is 0.127 e. The Labute approximate surface area is 429 Å². The summed E-state index contributed by atoms with van der Waals surface area (Å²) in [6.07, 6.45) is 1.18. The summed E-state index contributed by atoms with van der Waals surface area (Å²) in [5.74, 6) is 3.41. The van der Waals surface area contributed by atoms with Crippen LogP contribution in [0.3, 0.4) is 0 Å². The second-order valence-electron chi connectivity index (χ2n) is 22.7. The SMILES string of the molecule is CC(C)CC(c1ccc(Oc2ccc(C3(c4ccc(C(C)(C)C)cc4)c4ccccc4-c4ccc(N(c5ccc(-c6ccccc6)cc5)c5ccc6c(c5)C(C)(C)c5ccccc5-6)cc43)cc2)cc1)C(C)C. The van der Waals surface area contributed by atoms with E-state index in [1.807, 2.05) is 0 Å². The van der Waals surface area contributed by atoms with Gasteiger partial charge >= 0.3 is 0 Å². The molecule has 9 aromatic carbocycles. The zero-order chi connectivity index (χ0) is 49.9. The predicted molar refractivity (Wildman–Crippen MR) is 304 cm³/mol. The number of hydrogen-bond donors (Lipinski definition) is 0. The Morgan fingerprint density at radius 2 is 0.917 bits per heavy atom. The molecular weight excluding hydrogens is 871 g/mol. The van der Waals surface area contributed by atoms with E-state index in [0.29, 0.717) is 17.8 Å². The fraction of sp³-hybridized carbons (Fsp3) is 0.229. The van der Waals surface area contributed by atoms with E-state index < -0.39 is 5.41 Å². The molecule has 0 aromatic heterocycles. The first-order valence-corrected chi connectivity index (χ1v) is 26.2. The maximum absolute atomic E-state index is 6.65.